The molecule has 2 atom stereocenters. The summed E-state index contributed by atoms with van der Waals surface area (Å²) < 4.78 is 0. The first-order chi connectivity index (χ1) is 10.5. The fraction of sp³-hybridized carbons (Fsp3) is 0.500. The van der Waals surface area contributed by atoms with Crippen LogP contribution in [-0.2, 0) is 9.59 Å². The van der Waals surface area contributed by atoms with E-state index in [0.29, 0.717) is 13.1 Å². The fourth-order valence-corrected chi connectivity index (χ4v) is 2.96. The third kappa shape index (κ3) is 3.44. The van der Waals surface area contributed by atoms with E-state index in [2.05, 4.69) is 0 Å². The number of nitrogens with two attached hydrogens (primary N) is 1. The second-order valence-electron chi connectivity index (χ2n) is 5.64. The van der Waals surface area contributed by atoms with Crippen LogP contribution in [0.3, 0.4) is 0 Å². The maximum Gasteiger partial charge on any atom is 0.228 e. The molecular weight excluding hydrogens is 298 g/mol. The molecule has 5 nitrogen and oxygen atoms in total. The molecule has 22 heavy (non-hydrogen) atoms. The molecular formula is C16H23N3O2S. The topological polar surface area (TPSA) is 66.6 Å². The number of likely N-dealkylation sites (N-methyl/N-ethyl adjacent to an activating group) is 1. The minimum atomic E-state index is -0.285. The highest BCUT2D eigenvalue weighted by Crippen LogP contribution is 2.28. The highest BCUT2D eigenvalue weighted by molar-refractivity contribution is 7.98. The second kappa shape index (κ2) is 7.15. The van der Waals surface area contributed by atoms with E-state index < -0.39 is 0 Å². The zero-order valence-corrected chi connectivity index (χ0v) is 14.1. The molecule has 1 heterocycles. The molecule has 0 spiro atoms. The van der Waals surface area contributed by atoms with Crippen molar-refractivity contribution in [1.29, 1.82) is 0 Å². The summed E-state index contributed by atoms with van der Waals surface area (Å²) in [4.78, 5) is 29.2. The van der Waals surface area contributed by atoms with Crippen molar-refractivity contribution in [3.8, 4) is 0 Å². The van der Waals surface area contributed by atoms with Crippen molar-refractivity contribution in [1.82, 2.24) is 4.90 Å². The van der Waals surface area contributed by atoms with Gasteiger partial charge in [0.15, 0.2) is 0 Å². The average Bonchev–Trinajstić information content (AvgIpc) is 2.94. The van der Waals surface area contributed by atoms with Crippen LogP contribution in [0.4, 0.5) is 5.69 Å². The summed E-state index contributed by atoms with van der Waals surface area (Å²) in [5.74, 6) is -0.287. The number of benzene rings is 1. The molecule has 0 bridgehead atoms. The van der Waals surface area contributed by atoms with E-state index in [-0.39, 0.29) is 30.2 Å². The number of hydrogen-bond donors (Lipinski definition) is 1. The smallest absolute Gasteiger partial charge is 0.228 e. The van der Waals surface area contributed by atoms with Crippen LogP contribution in [0.2, 0.25) is 0 Å². The largest absolute Gasteiger partial charge is 0.341 e. The van der Waals surface area contributed by atoms with E-state index in [1.807, 2.05) is 37.4 Å². The molecule has 1 aliphatic heterocycles. The minimum absolute atomic E-state index is 0.00375. The van der Waals surface area contributed by atoms with Crippen molar-refractivity contribution < 1.29 is 9.59 Å². The highest BCUT2D eigenvalue weighted by Gasteiger charge is 2.37. The van der Waals surface area contributed by atoms with Crippen LogP contribution in [0.15, 0.2) is 29.2 Å². The van der Waals surface area contributed by atoms with Crippen LogP contribution in [-0.4, -0.2) is 49.1 Å². The van der Waals surface area contributed by atoms with Crippen molar-refractivity contribution in [3.63, 3.8) is 0 Å². The Bertz CT molecular complexity index is 547. The van der Waals surface area contributed by atoms with Crippen LogP contribution in [0.5, 0.6) is 0 Å². The quantitative estimate of drug-likeness (QED) is 0.836. The standard InChI is InChI=1S/C16H23N3O2S/c1-11(9-17)18(2)16(21)12-8-15(20)19(10-12)13-4-6-14(22-3)7-5-13/h4-7,11-12H,8-10,17H2,1-3H3. The third-order valence-electron chi connectivity index (χ3n) is 4.21. The normalized spacial score (nSPS) is 19.4. The predicted octanol–water partition coefficient (Wildman–Crippen LogP) is 1.57. The lowest BCUT2D eigenvalue weighted by molar-refractivity contribution is -0.136. The Morgan fingerprint density at radius 2 is 2.09 bits per heavy atom. The molecule has 1 saturated heterocycles. The Hall–Kier alpha value is -1.53. The highest BCUT2D eigenvalue weighted by atomic mass is 32.2. The molecule has 2 rings (SSSR count). The number of nitrogens with zero attached hydrogens (tertiary/aromatic N) is 2. The molecule has 0 aliphatic carbocycles. The summed E-state index contributed by atoms with van der Waals surface area (Å²) in [7, 11) is 1.75. The summed E-state index contributed by atoms with van der Waals surface area (Å²) in [6.07, 6.45) is 2.28. The summed E-state index contributed by atoms with van der Waals surface area (Å²) >= 11 is 1.66. The van der Waals surface area contributed by atoms with Gasteiger partial charge in [-0.1, -0.05) is 0 Å². The van der Waals surface area contributed by atoms with Gasteiger partial charge in [-0.15, -0.1) is 11.8 Å². The van der Waals surface area contributed by atoms with Gasteiger partial charge in [0.2, 0.25) is 11.8 Å². The van der Waals surface area contributed by atoms with E-state index in [1.54, 1.807) is 28.6 Å². The lowest BCUT2D eigenvalue weighted by Gasteiger charge is -2.26. The van der Waals surface area contributed by atoms with Gasteiger partial charge in [-0.05, 0) is 37.4 Å². The van der Waals surface area contributed by atoms with Crippen molar-refractivity contribution >= 4 is 29.3 Å². The van der Waals surface area contributed by atoms with Crippen LogP contribution in [0.25, 0.3) is 0 Å². The fourth-order valence-electron chi connectivity index (χ4n) is 2.55. The predicted molar refractivity (Wildman–Crippen MR) is 90.0 cm³/mol. The van der Waals surface area contributed by atoms with Gasteiger partial charge < -0.3 is 15.5 Å². The first kappa shape index (κ1) is 16.8. The van der Waals surface area contributed by atoms with Gasteiger partial charge in [-0.2, -0.15) is 0 Å². The molecule has 6 heteroatoms. The Labute approximate surface area is 135 Å². The first-order valence-corrected chi connectivity index (χ1v) is 8.61. The van der Waals surface area contributed by atoms with Crippen LogP contribution < -0.4 is 10.6 Å². The van der Waals surface area contributed by atoms with Gasteiger partial charge in [0.1, 0.15) is 0 Å². The lowest BCUT2D eigenvalue weighted by atomic mass is 10.1. The monoisotopic (exact) mass is 321 g/mol. The molecule has 0 radical (unpaired) electrons. The van der Waals surface area contributed by atoms with Crippen LogP contribution >= 0.6 is 11.8 Å². The van der Waals surface area contributed by atoms with Crippen molar-refractivity contribution in [2.24, 2.45) is 11.7 Å². The molecule has 1 fully saturated rings. The molecule has 120 valence electrons. The average molecular weight is 321 g/mol. The van der Waals surface area contributed by atoms with Crippen molar-refractivity contribution in [3.05, 3.63) is 24.3 Å². The zero-order valence-electron chi connectivity index (χ0n) is 13.3. The molecule has 0 saturated carbocycles. The van der Waals surface area contributed by atoms with Gasteiger partial charge in [0, 0.05) is 43.2 Å². The number of anilines is 1. The van der Waals surface area contributed by atoms with E-state index >= 15 is 0 Å². The summed E-state index contributed by atoms with van der Waals surface area (Å²) in [6, 6.07) is 7.83. The SMILES string of the molecule is CSc1ccc(N2CC(C(=O)N(C)C(C)CN)CC2=O)cc1. The molecule has 1 aromatic carbocycles. The summed E-state index contributed by atoms with van der Waals surface area (Å²) in [5, 5.41) is 0. The number of hydrogen-bond acceptors (Lipinski definition) is 4. The number of amides is 2. The van der Waals surface area contributed by atoms with E-state index in [1.165, 1.54) is 0 Å². The van der Waals surface area contributed by atoms with Crippen molar-refractivity contribution in [2.75, 3.05) is 31.3 Å². The van der Waals surface area contributed by atoms with E-state index in [0.717, 1.165) is 10.6 Å². The Morgan fingerprint density at radius 3 is 2.64 bits per heavy atom. The van der Waals surface area contributed by atoms with Gasteiger partial charge in [-0.3, -0.25) is 9.59 Å². The zero-order chi connectivity index (χ0) is 16.3. The van der Waals surface area contributed by atoms with Crippen molar-refractivity contribution in [2.45, 2.75) is 24.3 Å². The number of thioether (sulfide) groups is 1. The van der Waals surface area contributed by atoms with Gasteiger partial charge >= 0.3 is 0 Å². The first-order valence-electron chi connectivity index (χ1n) is 7.39. The molecule has 1 aliphatic rings. The van der Waals surface area contributed by atoms with Crippen LogP contribution in [0, 0.1) is 5.92 Å². The number of carbonyl (C=O) groups is 2. The summed E-state index contributed by atoms with van der Waals surface area (Å²) in [5.41, 5.74) is 6.46. The Kier molecular flexibility index (Phi) is 5.47. The van der Waals surface area contributed by atoms with Gasteiger partial charge in [0.25, 0.3) is 0 Å². The van der Waals surface area contributed by atoms with Gasteiger partial charge in [-0.25, -0.2) is 0 Å². The number of rotatable bonds is 5. The molecule has 2 N–H and O–H groups in total. The molecule has 0 aromatic heterocycles. The van der Waals surface area contributed by atoms with Gasteiger partial charge in [0.05, 0.1) is 5.92 Å². The number of carbonyl (C=O) groups excluding carboxylic acids is 2. The maximum atomic E-state index is 12.5. The lowest BCUT2D eigenvalue weighted by Crippen LogP contribution is -2.43. The molecule has 2 unspecified atom stereocenters. The third-order valence-corrected chi connectivity index (χ3v) is 4.95. The van der Waals surface area contributed by atoms with E-state index in [4.69, 9.17) is 5.73 Å². The second-order valence-corrected chi connectivity index (χ2v) is 6.52. The van der Waals surface area contributed by atoms with Crippen LogP contribution in [0.1, 0.15) is 13.3 Å². The minimum Gasteiger partial charge on any atom is -0.341 e. The Balaban J connectivity index is 2.08. The summed E-state index contributed by atoms with van der Waals surface area (Å²) in [6.45, 7) is 2.77. The Morgan fingerprint density at radius 1 is 1.45 bits per heavy atom. The molecule has 1 aromatic rings. The maximum absolute atomic E-state index is 12.5. The molecule has 2 amide bonds. The van der Waals surface area contributed by atoms with E-state index in [9.17, 15) is 9.59 Å².